The summed E-state index contributed by atoms with van der Waals surface area (Å²) in [6.45, 7) is 17.4. The van der Waals surface area contributed by atoms with E-state index in [1.54, 1.807) is 6.92 Å². The molecule has 0 saturated carbocycles. The minimum Gasteiger partial charge on any atom is -0.314 e. The van der Waals surface area contributed by atoms with Gasteiger partial charge in [0.15, 0.2) is 0 Å². The molecular formula is C29H45FN6O. The van der Waals surface area contributed by atoms with Gasteiger partial charge in [0.25, 0.3) is 0 Å². The first kappa shape index (κ1) is 27.9. The molecule has 3 aliphatic heterocycles. The topological polar surface area (TPSA) is 63.7 Å². The van der Waals surface area contributed by atoms with Gasteiger partial charge in [0.1, 0.15) is 5.83 Å². The van der Waals surface area contributed by atoms with Crippen molar-refractivity contribution in [1.29, 1.82) is 0 Å². The predicted octanol–water partition coefficient (Wildman–Crippen LogP) is 3.02. The zero-order valence-electron chi connectivity index (χ0n) is 23.3. The summed E-state index contributed by atoms with van der Waals surface area (Å²) in [6, 6.07) is 3.30. The summed E-state index contributed by atoms with van der Waals surface area (Å²) >= 11 is 0. The first-order valence-corrected chi connectivity index (χ1v) is 13.9. The molecule has 1 unspecified atom stereocenters. The number of nitrogens with zero attached hydrogens (tertiary/aromatic N) is 4. The lowest BCUT2D eigenvalue weighted by Crippen LogP contribution is -2.62. The summed E-state index contributed by atoms with van der Waals surface area (Å²) in [6.07, 6.45) is 8.20. The van der Waals surface area contributed by atoms with Crippen molar-refractivity contribution in [3.05, 3.63) is 47.6 Å². The predicted molar refractivity (Wildman–Crippen MR) is 149 cm³/mol. The van der Waals surface area contributed by atoms with E-state index in [0.717, 1.165) is 69.1 Å². The molecule has 204 valence electrons. The number of pyridine rings is 1. The highest BCUT2D eigenvalue weighted by molar-refractivity contribution is 5.97. The largest absolute Gasteiger partial charge is 0.314 e. The van der Waals surface area contributed by atoms with Crippen LogP contribution in [0.4, 0.5) is 10.1 Å². The van der Waals surface area contributed by atoms with Gasteiger partial charge in [-0.25, -0.2) is 4.39 Å². The van der Waals surface area contributed by atoms with E-state index in [1.807, 2.05) is 17.2 Å². The van der Waals surface area contributed by atoms with E-state index in [1.165, 1.54) is 12.2 Å². The number of anilines is 1. The molecule has 4 heterocycles. The van der Waals surface area contributed by atoms with Crippen molar-refractivity contribution in [3.8, 4) is 0 Å². The standard InChI is InChI=1S/C29H45FN6O/c1-6-24(30)10-8-7-9-23-13-26-28(33-15-23)29(4,5)20-36(26)27(37)19-35-17-21(2)32-16-25(35)18-34-12-11-31-14-22(34)3/h6,8,10,13,15,21-22,25,31-32H,7,9,11-12,14,16-20H2,1-5H3/b10-8-,24-6+/t21?,22-,25-/m1/s1. The number of aromatic nitrogens is 1. The number of carbonyl (C=O) groups excluding carboxylic acids is 1. The van der Waals surface area contributed by atoms with Gasteiger partial charge in [-0.1, -0.05) is 26.0 Å². The Kier molecular flexibility index (Phi) is 9.16. The second-order valence-corrected chi connectivity index (χ2v) is 11.6. The van der Waals surface area contributed by atoms with Gasteiger partial charge in [-0.2, -0.15) is 0 Å². The third-order valence-electron chi connectivity index (χ3n) is 8.01. The molecule has 2 saturated heterocycles. The van der Waals surface area contributed by atoms with Crippen LogP contribution in [0.15, 0.2) is 36.3 Å². The molecule has 37 heavy (non-hydrogen) atoms. The summed E-state index contributed by atoms with van der Waals surface area (Å²) in [5.41, 5.74) is 2.80. The molecule has 1 aromatic rings. The number of hydrogen-bond acceptors (Lipinski definition) is 6. The zero-order valence-corrected chi connectivity index (χ0v) is 23.3. The van der Waals surface area contributed by atoms with Crippen molar-refractivity contribution < 1.29 is 9.18 Å². The number of carbonyl (C=O) groups is 1. The molecule has 0 aliphatic carbocycles. The van der Waals surface area contributed by atoms with E-state index in [9.17, 15) is 9.18 Å². The van der Waals surface area contributed by atoms with Gasteiger partial charge in [0.05, 0.1) is 17.9 Å². The van der Waals surface area contributed by atoms with Crippen LogP contribution in [-0.4, -0.2) is 91.2 Å². The average Bonchev–Trinajstić information content (AvgIpc) is 3.14. The molecule has 4 rings (SSSR count). The van der Waals surface area contributed by atoms with Crippen LogP contribution < -0.4 is 15.5 Å². The maximum atomic E-state index is 13.8. The number of allylic oxidation sites excluding steroid dienone is 4. The molecular weight excluding hydrogens is 467 g/mol. The second-order valence-electron chi connectivity index (χ2n) is 11.6. The number of amides is 1. The van der Waals surface area contributed by atoms with Crippen molar-refractivity contribution in [2.75, 3.05) is 57.3 Å². The van der Waals surface area contributed by atoms with Crippen LogP contribution in [-0.2, 0) is 16.6 Å². The van der Waals surface area contributed by atoms with E-state index in [0.29, 0.717) is 31.2 Å². The fourth-order valence-electron chi connectivity index (χ4n) is 5.77. The summed E-state index contributed by atoms with van der Waals surface area (Å²) in [7, 11) is 0. The highest BCUT2D eigenvalue weighted by Crippen LogP contribution is 2.39. The van der Waals surface area contributed by atoms with Crippen LogP contribution in [0.2, 0.25) is 0 Å². The molecule has 2 fully saturated rings. The van der Waals surface area contributed by atoms with Gasteiger partial charge < -0.3 is 15.5 Å². The molecule has 3 atom stereocenters. The molecule has 1 amide bonds. The Labute approximate surface area is 222 Å². The zero-order chi connectivity index (χ0) is 26.6. The Balaban J connectivity index is 1.46. The first-order valence-electron chi connectivity index (χ1n) is 13.9. The highest BCUT2D eigenvalue weighted by Gasteiger charge is 2.41. The number of aryl methyl sites for hydroxylation is 1. The lowest BCUT2D eigenvalue weighted by Gasteiger charge is -2.44. The Hall–Kier alpha value is -2.13. The number of piperazine rings is 2. The smallest absolute Gasteiger partial charge is 0.241 e. The normalized spacial score (nSPS) is 27.1. The third kappa shape index (κ3) is 6.85. The van der Waals surface area contributed by atoms with E-state index >= 15 is 0 Å². The number of nitrogens with one attached hydrogen (secondary N) is 2. The summed E-state index contributed by atoms with van der Waals surface area (Å²) in [5, 5.41) is 7.10. The molecule has 0 spiro atoms. The van der Waals surface area contributed by atoms with Crippen molar-refractivity contribution in [1.82, 2.24) is 25.4 Å². The lowest BCUT2D eigenvalue weighted by atomic mass is 9.91. The molecule has 0 bridgehead atoms. The molecule has 0 aromatic carbocycles. The van der Waals surface area contributed by atoms with Crippen LogP contribution in [0, 0.1) is 0 Å². The molecule has 1 aromatic heterocycles. The average molecular weight is 513 g/mol. The van der Waals surface area contributed by atoms with Gasteiger partial charge in [0.2, 0.25) is 5.91 Å². The van der Waals surface area contributed by atoms with Crippen LogP contribution in [0.5, 0.6) is 0 Å². The van der Waals surface area contributed by atoms with E-state index in [-0.39, 0.29) is 17.1 Å². The van der Waals surface area contributed by atoms with E-state index < -0.39 is 0 Å². The number of rotatable bonds is 8. The fourth-order valence-corrected chi connectivity index (χ4v) is 5.77. The van der Waals surface area contributed by atoms with Crippen LogP contribution >= 0.6 is 0 Å². The third-order valence-corrected chi connectivity index (χ3v) is 8.01. The van der Waals surface area contributed by atoms with Crippen LogP contribution in [0.3, 0.4) is 0 Å². The van der Waals surface area contributed by atoms with Crippen LogP contribution in [0.25, 0.3) is 0 Å². The Morgan fingerprint density at radius 3 is 2.84 bits per heavy atom. The van der Waals surface area contributed by atoms with Crippen molar-refractivity contribution in [3.63, 3.8) is 0 Å². The highest BCUT2D eigenvalue weighted by atomic mass is 19.1. The Bertz CT molecular complexity index is 1010. The number of hydrogen-bond donors (Lipinski definition) is 2. The maximum absolute atomic E-state index is 13.8. The summed E-state index contributed by atoms with van der Waals surface area (Å²) in [5.74, 6) is -0.0779. The monoisotopic (exact) mass is 512 g/mol. The van der Waals surface area contributed by atoms with Crippen LogP contribution in [0.1, 0.15) is 52.3 Å². The van der Waals surface area contributed by atoms with Gasteiger partial charge in [0, 0.05) is 75.6 Å². The van der Waals surface area contributed by atoms with E-state index in [4.69, 9.17) is 4.98 Å². The van der Waals surface area contributed by atoms with Crippen molar-refractivity contribution in [2.24, 2.45) is 0 Å². The van der Waals surface area contributed by atoms with Gasteiger partial charge >= 0.3 is 0 Å². The maximum Gasteiger partial charge on any atom is 0.241 e. The Morgan fingerprint density at radius 2 is 2.08 bits per heavy atom. The van der Waals surface area contributed by atoms with Gasteiger partial charge in [-0.3, -0.25) is 19.6 Å². The second kappa shape index (κ2) is 12.2. The van der Waals surface area contributed by atoms with Crippen molar-refractivity contribution >= 4 is 11.6 Å². The molecule has 3 aliphatic rings. The first-order chi connectivity index (χ1) is 17.7. The summed E-state index contributed by atoms with van der Waals surface area (Å²) < 4.78 is 13.4. The van der Waals surface area contributed by atoms with Gasteiger partial charge in [-0.15, -0.1) is 0 Å². The SMILES string of the molecule is C/C=C(F)\C=C/CCc1cnc2c(c1)N(C(=O)CN1CC(C)NC[C@@H]1CN1CCNC[C@H]1C)CC2(C)C. The number of halogens is 1. The fraction of sp³-hybridized carbons (Fsp3) is 0.655. The number of fused-ring (bicyclic) bond motifs is 1. The quantitative estimate of drug-likeness (QED) is 0.522. The van der Waals surface area contributed by atoms with Crippen molar-refractivity contribution in [2.45, 2.75) is 71.0 Å². The lowest BCUT2D eigenvalue weighted by molar-refractivity contribution is -0.120. The molecule has 2 N–H and O–H groups in total. The molecule has 7 nitrogen and oxygen atoms in total. The molecule has 8 heteroatoms. The minimum atomic E-state index is -0.224. The van der Waals surface area contributed by atoms with E-state index in [2.05, 4.69) is 54.2 Å². The Morgan fingerprint density at radius 1 is 1.27 bits per heavy atom. The summed E-state index contributed by atoms with van der Waals surface area (Å²) in [4.78, 5) is 25.5. The molecule has 0 radical (unpaired) electrons. The van der Waals surface area contributed by atoms with Gasteiger partial charge in [-0.05, 0) is 51.3 Å². The minimum absolute atomic E-state index is 0.147.